The highest BCUT2D eigenvalue weighted by Crippen LogP contribution is 2.27. The third-order valence-corrected chi connectivity index (χ3v) is 5.19. The van der Waals surface area contributed by atoms with Crippen molar-refractivity contribution in [3.05, 3.63) is 29.3 Å². The molecule has 2 N–H and O–H groups in total. The van der Waals surface area contributed by atoms with Crippen molar-refractivity contribution in [3.63, 3.8) is 0 Å². The standard InChI is InChI=1S/C20H32N4O.HI/c1-4-21-19(23-15-20(2)10-6-12-25-20)22-14-16-8-9-18-17(13-16)7-5-11-24(18)3;/h8-9,13H,4-7,10-12,14-15H2,1-3H3,(H2,21,22,23);1H. The number of rotatable bonds is 5. The van der Waals surface area contributed by atoms with Crippen LogP contribution < -0.4 is 15.5 Å². The molecule has 0 aromatic heterocycles. The molecule has 0 amide bonds. The van der Waals surface area contributed by atoms with Crippen LogP contribution in [0.1, 0.15) is 44.2 Å². The van der Waals surface area contributed by atoms with Crippen molar-refractivity contribution >= 4 is 35.6 Å². The maximum atomic E-state index is 5.85. The van der Waals surface area contributed by atoms with Gasteiger partial charge in [-0.2, -0.15) is 0 Å². The zero-order chi connectivity index (χ0) is 17.7. The van der Waals surface area contributed by atoms with E-state index in [1.165, 1.54) is 29.7 Å². The molecule has 3 rings (SSSR count). The third kappa shape index (κ3) is 5.49. The van der Waals surface area contributed by atoms with Crippen LogP contribution in [0.15, 0.2) is 23.2 Å². The van der Waals surface area contributed by atoms with Crippen molar-refractivity contribution in [1.82, 2.24) is 10.6 Å². The normalized spacial score (nSPS) is 22.6. The summed E-state index contributed by atoms with van der Waals surface area (Å²) in [6.45, 7) is 8.65. The zero-order valence-electron chi connectivity index (χ0n) is 16.3. The van der Waals surface area contributed by atoms with Crippen LogP contribution in [0.4, 0.5) is 5.69 Å². The van der Waals surface area contributed by atoms with Crippen molar-refractivity contribution in [1.29, 1.82) is 0 Å². The van der Waals surface area contributed by atoms with Crippen LogP contribution in [0.25, 0.3) is 0 Å². The van der Waals surface area contributed by atoms with Gasteiger partial charge in [-0.25, -0.2) is 4.99 Å². The molecule has 2 heterocycles. The molecule has 1 aromatic carbocycles. The second kappa shape index (κ2) is 9.78. The smallest absolute Gasteiger partial charge is 0.191 e. The van der Waals surface area contributed by atoms with E-state index in [1.54, 1.807) is 0 Å². The Morgan fingerprint density at radius 3 is 2.88 bits per heavy atom. The molecule has 1 fully saturated rings. The summed E-state index contributed by atoms with van der Waals surface area (Å²) in [4.78, 5) is 7.12. The van der Waals surface area contributed by atoms with Crippen LogP contribution in [0, 0.1) is 0 Å². The van der Waals surface area contributed by atoms with Crippen molar-refractivity contribution < 1.29 is 4.74 Å². The number of ether oxygens (including phenoxy) is 1. The zero-order valence-corrected chi connectivity index (χ0v) is 18.6. The number of nitrogens with zero attached hydrogens (tertiary/aromatic N) is 2. The predicted octanol–water partition coefficient (Wildman–Crippen LogP) is 3.31. The number of benzene rings is 1. The quantitative estimate of drug-likeness (QED) is 0.392. The Bertz CT molecular complexity index is 614. The molecule has 1 atom stereocenters. The minimum Gasteiger partial charge on any atom is -0.374 e. The molecule has 26 heavy (non-hydrogen) atoms. The van der Waals surface area contributed by atoms with Gasteiger partial charge in [0.15, 0.2) is 5.96 Å². The van der Waals surface area contributed by atoms with E-state index in [-0.39, 0.29) is 29.6 Å². The maximum Gasteiger partial charge on any atom is 0.191 e. The molecule has 0 saturated carbocycles. The largest absolute Gasteiger partial charge is 0.374 e. The van der Waals surface area contributed by atoms with Crippen molar-refractivity contribution in [3.8, 4) is 0 Å². The van der Waals surface area contributed by atoms with Crippen LogP contribution in [0.5, 0.6) is 0 Å². The average Bonchev–Trinajstić information content (AvgIpc) is 3.04. The van der Waals surface area contributed by atoms with Crippen molar-refractivity contribution in [2.75, 3.05) is 38.2 Å². The number of hydrogen-bond acceptors (Lipinski definition) is 3. The highest BCUT2D eigenvalue weighted by molar-refractivity contribution is 14.0. The average molecular weight is 472 g/mol. The minimum absolute atomic E-state index is 0. The van der Waals surface area contributed by atoms with Gasteiger partial charge in [0.05, 0.1) is 12.1 Å². The molecular formula is C20H33IN4O. The van der Waals surface area contributed by atoms with Crippen LogP contribution in [0.2, 0.25) is 0 Å². The lowest BCUT2D eigenvalue weighted by atomic mass is 10.00. The Kier molecular flexibility index (Phi) is 8.01. The number of nitrogens with one attached hydrogen (secondary N) is 2. The summed E-state index contributed by atoms with van der Waals surface area (Å²) in [5.74, 6) is 0.870. The first kappa shape index (κ1) is 21.3. The maximum absolute atomic E-state index is 5.85. The molecular weight excluding hydrogens is 439 g/mol. The lowest BCUT2D eigenvalue weighted by Crippen LogP contribution is -2.45. The van der Waals surface area contributed by atoms with Gasteiger partial charge >= 0.3 is 0 Å². The van der Waals surface area contributed by atoms with E-state index in [0.717, 1.165) is 45.0 Å². The monoisotopic (exact) mass is 472 g/mol. The van der Waals surface area contributed by atoms with Crippen LogP contribution in [-0.4, -0.2) is 44.8 Å². The summed E-state index contributed by atoms with van der Waals surface area (Å²) in [5.41, 5.74) is 4.03. The first-order valence-corrected chi connectivity index (χ1v) is 9.59. The molecule has 6 heteroatoms. The fourth-order valence-corrected chi connectivity index (χ4v) is 3.70. The number of guanidine groups is 1. The summed E-state index contributed by atoms with van der Waals surface area (Å²) in [5, 5.41) is 6.79. The van der Waals surface area contributed by atoms with E-state index in [2.05, 4.69) is 54.6 Å². The molecule has 2 aliphatic heterocycles. The van der Waals surface area contributed by atoms with Crippen LogP contribution >= 0.6 is 24.0 Å². The van der Waals surface area contributed by atoms with E-state index >= 15 is 0 Å². The van der Waals surface area contributed by atoms with E-state index < -0.39 is 0 Å². The Hall–Kier alpha value is -1.02. The summed E-state index contributed by atoms with van der Waals surface area (Å²) in [6, 6.07) is 6.77. The minimum atomic E-state index is -0.0629. The van der Waals surface area contributed by atoms with Gasteiger partial charge in [-0.1, -0.05) is 12.1 Å². The van der Waals surface area contributed by atoms with Gasteiger partial charge in [-0.05, 0) is 56.7 Å². The first-order chi connectivity index (χ1) is 12.1. The summed E-state index contributed by atoms with van der Waals surface area (Å²) >= 11 is 0. The number of aliphatic imine (C=N–C) groups is 1. The van der Waals surface area contributed by atoms with Crippen LogP contribution in [0.3, 0.4) is 0 Å². The van der Waals surface area contributed by atoms with Crippen molar-refractivity contribution in [2.45, 2.75) is 51.7 Å². The highest BCUT2D eigenvalue weighted by Gasteiger charge is 2.29. The van der Waals surface area contributed by atoms with E-state index in [9.17, 15) is 0 Å². The molecule has 1 unspecified atom stereocenters. The molecule has 5 nitrogen and oxygen atoms in total. The van der Waals surface area contributed by atoms with Gasteiger partial charge in [-0.3, -0.25) is 0 Å². The molecule has 1 saturated heterocycles. The lowest BCUT2D eigenvalue weighted by molar-refractivity contribution is 0.0243. The topological polar surface area (TPSA) is 48.9 Å². The molecule has 0 aliphatic carbocycles. The molecule has 0 radical (unpaired) electrons. The van der Waals surface area contributed by atoms with Crippen molar-refractivity contribution in [2.24, 2.45) is 4.99 Å². The second-order valence-corrected chi connectivity index (χ2v) is 7.44. The SMILES string of the molecule is CCNC(=NCc1ccc2c(c1)CCCN2C)NCC1(C)CCCO1.I. The first-order valence-electron chi connectivity index (χ1n) is 9.59. The van der Waals surface area contributed by atoms with E-state index in [1.807, 2.05) is 0 Å². The fourth-order valence-electron chi connectivity index (χ4n) is 3.70. The van der Waals surface area contributed by atoms with Gasteiger partial charge in [0.1, 0.15) is 0 Å². The molecule has 0 bridgehead atoms. The van der Waals surface area contributed by atoms with E-state index in [4.69, 9.17) is 9.73 Å². The molecule has 2 aliphatic rings. The van der Waals surface area contributed by atoms with Gasteiger partial charge in [-0.15, -0.1) is 24.0 Å². The number of hydrogen-bond donors (Lipinski definition) is 2. The number of fused-ring (bicyclic) bond motifs is 1. The summed E-state index contributed by atoms with van der Waals surface area (Å²) < 4.78 is 5.85. The molecule has 146 valence electrons. The Balaban J connectivity index is 0.00000243. The lowest BCUT2D eigenvalue weighted by Gasteiger charge is -2.27. The van der Waals surface area contributed by atoms with Gasteiger partial charge in [0.25, 0.3) is 0 Å². The van der Waals surface area contributed by atoms with E-state index in [0.29, 0.717) is 6.54 Å². The van der Waals surface area contributed by atoms with Gasteiger partial charge in [0.2, 0.25) is 0 Å². The Labute approximate surface area is 175 Å². The highest BCUT2D eigenvalue weighted by atomic mass is 127. The summed E-state index contributed by atoms with van der Waals surface area (Å²) in [7, 11) is 2.18. The number of halogens is 1. The van der Waals surface area contributed by atoms with Crippen LogP contribution in [-0.2, 0) is 17.7 Å². The van der Waals surface area contributed by atoms with Gasteiger partial charge in [0, 0.05) is 39.0 Å². The molecule has 1 aromatic rings. The predicted molar refractivity (Wildman–Crippen MR) is 120 cm³/mol. The fraction of sp³-hybridized carbons (Fsp3) is 0.650. The number of aryl methyl sites for hydroxylation is 1. The Morgan fingerprint density at radius 2 is 2.15 bits per heavy atom. The number of anilines is 1. The molecule has 0 spiro atoms. The Morgan fingerprint density at radius 1 is 1.31 bits per heavy atom. The van der Waals surface area contributed by atoms with Gasteiger partial charge < -0.3 is 20.3 Å². The second-order valence-electron chi connectivity index (χ2n) is 7.44. The summed E-state index contributed by atoms with van der Waals surface area (Å²) in [6.07, 6.45) is 4.66. The third-order valence-electron chi connectivity index (χ3n) is 5.19.